The number of carboxylic acids is 1. The van der Waals surface area contributed by atoms with Gasteiger partial charge in [-0.1, -0.05) is 18.2 Å². The first-order chi connectivity index (χ1) is 10.9. The molecular formula is C17H19IN2O3. The standard InChI is InChI=1S/C17H19IN2O3/c1-10-15(8-19-11(2)20-10)23-9-17(7-14(17)16(21)22)12-4-3-5-13(18)6-12/h3,5-6,8,12,14H,4,7,9H2,1-2H3,(H,21,22)/t12?,14?,17-/m1/s1. The average molecular weight is 426 g/mol. The molecular weight excluding hydrogens is 407 g/mol. The number of rotatable bonds is 5. The first-order valence-electron chi connectivity index (χ1n) is 7.62. The number of hydrogen-bond donors (Lipinski definition) is 1. The number of aromatic nitrogens is 2. The van der Waals surface area contributed by atoms with Gasteiger partial charge in [0.15, 0.2) is 5.75 Å². The van der Waals surface area contributed by atoms with Crippen molar-refractivity contribution in [2.24, 2.45) is 17.3 Å². The number of nitrogens with zero attached hydrogens (tertiary/aromatic N) is 2. The Kier molecular flexibility index (Phi) is 4.44. The topological polar surface area (TPSA) is 72.3 Å². The number of aliphatic carboxylic acids is 1. The van der Waals surface area contributed by atoms with Crippen molar-refractivity contribution >= 4 is 28.6 Å². The molecule has 6 heteroatoms. The van der Waals surface area contributed by atoms with E-state index in [1.165, 1.54) is 0 Å². The number of aryl methyl sites for hydroxylation is 2. The molecule has 0 bridgehead atoms. The van der Waals surface area contributed by atoms with Gasteiger partial charge in [-0.15, -0.1) is 0 Å². The van der Waals surface area contributed by atoms with E-state index >= 15 is 0 Å². The van der Waals surface area contributed by atoms with Gasteiger partial charge in [0.1, 0.15) is 5.82 Å². The Bertz CT molecular complexity index is 701. The van der Waals surface area contributed by atoms with Gasteiger partial charge in [0.25, 0.3) is 0 Å². The van der Waals surface area contributed by atoms with E-state index in [4.69, 9.17) is 4.74 Å². The maximum atomic E-state index is 11.5. The highest BCUT2D eigenvalue weighted by atomic mass is 127. The van der Waals surface area contributed by atoms with Crippen LogP contribution in [-0.2, 0) is 4.79 Å². The Balaban J connectivity index is 1.78. The van der Waals surface area contributed by atoms with Crippen molar-refractivity contribution in [2.45, 2.75) is 26.7 Å². The minimum Gasteiger partial charge on any atom is -0.489 e. The van der Waals surface area contributed by atoms with E-state index in [0.717, 1.165) is 15.7 Å². The number of carboxylic acid groups (broad SMARTS) is 1. The summed E-state index contributed by atoms with van der Waals surface area (Å²) >= 11 is 2.28. The molecule has 1 N–H and O–H groups in total. The molecule has 0 radical (unpaired) electrons. The molecule has 23 heavy (non-hydrogen) atoms. The Hall–Kier alpha value is -1.44. The molecule has 2 aliphatic rings. The second-order valence-electron chi connectivity index (χ2n) is 6.28. The Morgan fingerprint density at radius 2 is 2.30 bits per heavy atom. The number of ether oxygens (including phenoxy) is 1. The first-order valence-corrected chi connectivity index (χ1v) is 8.70. The fourth-order valence-corrected chi connectivity index (χ4v) is 3.99. The molecule has 5 nitrogen and oxygen atoms in total. The highest BCUT2D eigenvalue weighted by Crippen LogP contribution is 2.60. The predicted molar refractivity (Wildman–Crippen MR) is 94.5 cm³/mol. The smallest absolute Gasteiger partial charge is 0.307 e. The number of carbonyl (C=O) groups is 1. The van der Waals surface area contributed by atoms with Gasteiger partial charge < -0.3 is 9.84 Å². The van der Waals surface area contributed by atoms with Gasteiger partial charge in [-0.25, -0.2) is 9.97 Å². The summed E-state index contributed by atoms with van der Waals surface area (Å²) in [5.74, 6) is 0.465. The second kappa shape index (κ2) is 6.22. The van der Waals surface area contributed by atoms with E-state index in [1.807, 2.05) is 13.8 Å². The minimum absolute atomic E-state index is 0.201. The third kappa shape index (κ3) is 3.27. The van der Waals surface area contributed by atoms with Gasteiger partial charge in [-0.05, 0) is 55.2 Å². The fraction of sp³-hybridized carbons (Fsp3) is 0.471. The van der Waals surface area contributed by atoms with Crippen molar-refractivity contribution in [3.63, 3.8) is 0 Å². The van der Waals surface area contributed by atoms with Crippen molar-refractivity contribution in [2.75, 3.05) is 6.61 Å². The molecule has 0 aromatic carbocycles. The summed E-state index contributed by atoms with van der Waals surface area (Å²) in [5, 5.41) is 9.45. The van der Waals surface area contributed by atoms with Gasteiger partial charge >= 0.3 is 5.97 Å². The summed E-state index contributed by atoms with van der Waals surface area (Å²) in [4.78, 5) is 20.0. The van der Waals surface area contributed by atoms with Gasteiger partial charge in [0.2, 0.25) is 0 Å². The van der Waals surface area contributed by atoms with Crippen molar-refractivity contribution in [1.82, 2.24) is 9.97 Å². The summed E-state index contributed by atoms with van der Waals surface area (Å²) in [6, 6.07) is 0. The number of hydrogen-bond acceptors (Lipinski definition) is 4. The Morgan fingerprint density at radius 1 is 1.52 bits per heavy atom. The average Bonchev–Trinajstić information content (AvgIpc) is 3.23. The van der Waals surface area contributed by atoms with E-state index in [9.17, 15) is 9.90 Å². The van der Waals surface area contributed by atoms with Gasteiger partial charge in [-0.2, -0.15) is 0 Å². The molecule has 0 aliphatic heterocycles. The highest BCUT2D eigenvalue weighted by molar-refractivity contribution is 14.1. The molecule has 2 unspecified atom stereocenters. The summed E-state index contributed by atoms with van der Waals surface area (Å²) < 4.78 is 7.10. The van der Waals surface area contributed by atoms with Crippen LogP contribution in [-0.4, -0.2) is 27.7 Å². The molecule has 3 rings (SSSR count). The third-order valence-corrected chi connectivity index (χ3v) is 5.45. The lowest BCUT2D eigenvalue weighted by atomic mass is 9.82. The molecule has 0 saturated heterocycles. The van der Waals surface area contributed by atoms with Crippen molar-refractivity contribution in [1.29, 1.82) is 0 Å². The van der Waals surface area contributed by atoms with E-state index in [1.54, 1.807) is 6.20 Å². The molecule has 3 atom stereocenters. The first kappa shape index (κ1) is 16.4. The second-order valence-corrected chi connectivity index (χ2v) is 7.53. The maximum Gasteiger partial charge on any atom is 0.307 e. The molecule has 1 fully saturated rings. The quantitative estimate of drug-likeness (QED) is 0.731. The van der Waals surface area contributed by atoms with E-state index in [0.29, 0.717) is 24.6 Å². The molecule has 1 aromatic rings. The minimum atomic E-state index is -0.733. The lowest BCUT2D eigenvalue weighted by Crippen LogP contribution is -2.27. The summed E-state index contributed by atoms with van der Waals surface area (Å²) in [6.45, 7) is 4.10. The molecule has 122 valence electrons. The zero-order valence-corrected chi connectivity index (χ0v) is 15.3. The normalized spacial score (nSPS) is 29.1. The maximum absolute atomic E-state index is 11.5. The van der Waals surface area contributed by atoms with Gasteiger partial charge in [-0.3, -0.25) is 4.79 Å². The number of allylic oxidation sites excluding steroid dienone is 4. The molecule has 1 heterocycles. The van der Waals surface area contributed by atoms with Crippen LogP contribution in [0, 0.1) is 31.1 Å². The molecule has 0 amide bonds. The van der Waals surface area contributed by atoms with Crippen LogP contribution < -0.4 is 4.74 Å². The van der Waals surface area contributed by atoms with Crippen LogP contribution in [0.15, 0.2) is 28.0 Å². The van der Waals surface area contributed by atoms with Crippen LogP contribution in [0.25, 0.3) is 0 Å². The van der Waals surface area contributed by atoms with E-state index < -0.39 is 5.97 Å². The zero-order valence-electron chi connectivity index (χ0n) is 13.1. The van der Waals surface area contributed by atoms with Crippen molar-refractivity contribution in [3.05, 3.63) is 39.5 Å². The Morgan fingerprint density at radius 3 is 2.91 bits per heavy atom. The van der Waals surface area contributed by atoms with Crippen LogP contribution in [0.2, 0.25) is 0 Å². The molecule has 2 aliphatic carbocycles. The van der Waals surface area contributed by atoms with Crippen LogP contribution in [0.4, 0.5) is 0 Å². The lowest BCUT2D eigenvalue weighted by Gasteiger charge is -2.26. The fourth-order valence-electron chi connectivity index (χ4n) is 3.30. The number of halogens is 1. The summed E-state index contributed by atoms with van der Waals surface area (Å²) in [7, 11) is 0. The van der Waals surface area contributed by atoms with Crippen LogP contribution in [0.1, 0.15) is 24.4 Å². The third-order valence-electron chi connectivity index (χ3n) is 4.73. The molecule has 0 spiro atoms. The van der Waals surface area contributed by atoms with Crippen LogP contribution in [0.5, 0.6) is 5.75 Å². The Labute approximate surface area is 149 Å². The van der Waals surface area contributed by atoms with E-state index in [2.05, 4.69) is 50.8 Å². The largest absolute Gasteiger partial charge is 0.489 e. The SMILES string of the molecule is Cc1ncc(OC[C@@]2(C3C=C(I)C=CC3)CC2C(=O)O)c(C)n1. The van der Waals surface area contributed by atoms with Crippen molar-refractivity contribution < 1.29 is 14.6 Å². The zero-order chi connectivity index (χ0) is 16.6. The van der Waals surface area contributed by atoms with Crippen LogP contribution >= 0.6 is 22.6 Å². The summed E-state index contributed by atoms with van der Waals surface area (Å²) in [5.41, 5.74) is 0.457. The molecule has 1 saturated carbocycles. The molecule has 1 aromatic heterocycles. The predicted octanol–water partition coefficient (Wildman–Crippen LogP) is 3.46. The van der Waals surface area contributed by atoms with Gasteiger partial charge in [0, 0.05) is 8.99 Å². The van der Waals surface area contributed by atoms with E-state index in [-0.39, 0.29) is 17.3 Å². The lowest BCUT2D eigenvalue weighted by molar-refractivity contribution is -0.140. The van der Waals surface area contributed by atoms with Crippen molar-refractivity contribution in [3.8, 4) is 5.75 Å². The highest BCUT2D eigenvalue weighted by Gasteiger charge is 2.62. The van der Waals surface area contributed by atoms with Gasteiger partial charge in [0.05, 0.1) is 24.4 Å². The summed E-state index contributed by atoms with van der Waals surface area (Å²) in [6.07, 6.45) is 9.55. The monoisotopic (exact) mass is 426 g/mol. The van der Waals surface area contributed by atoms with Crippen LogP contribution in [0.3, 0.4) is 0 Å².